The molecule has 0 aliphatic carbocycles. The van der Waals surface area contributed by atoms with Crippen LogP contribution < -0.4 is 9.47 Å². The van der Waals surface area contributed by atoms with Crippen molar-refractivity contribution in [2.24, 2.45) is 0 Å². The van der Waals surface area contributed by atoms with Crippen molar-refractivity contribution in [3.63, 3.8) is 0 Å². The topological polar surface area (TPSA) is 99.0 Å². The summed E-state index contributed by atoms with van der Waals surface area (Å²) in [5.41, 5.74) is 2.20. The number of thioether (sulfide) groups is 1. The number of benzene rings is 4. The third-order valence-corrected chi connectivity index (χ3v) is 6.99. The van der Waals surface area contributed by atoms with Gasteiger partial charge in [0.1, 0.15) is 6.61 Å². The van der Waals surface area contributed by atoms with Gasteiger partial charge in [-0.3, -0.25) is 24.6 Å². The molecular weight excluding hydrogens is 504 g/mol. The number of carbonyl (C=O) groups excluding carboxylic acids is 2. The number of non-ortho nitro benzene ring substituents is 1. The van der Waals surface area contributed by atoms with E-state index in [2.05, 4.69) is 0 Å². The van der Waals surface area contributed by atoms with E-state index in [9.17, 15) is 19.7 Å². The van der Waals surface area contributed by atoms with Gasteiger partial charge in [-0.25, -0.2) is 0 Å². The average Bonchev–Trinajstić information content (AvgIpc) is 3.19. The van der Waals surface area contributed by atoms with Crippen LogP contribution in [0.4, 0.5) is 10.5 Å². The number of carbonyl (C=O) groups is 2. The molecule has 38 heavy (non-hydrogen) atoms. The highest BCUT2D eigenvalue weighted by Crippen LogP contribution is 2.36. The number of imide groups is 1. The van der Waals surface area contributed by atoms with Crippen LogP contribution in [0.1, 0.15) is 16.7 Å². The summed E-state index contributed by atoms with van der Waals surface area (Å²) in [4.78, 5) is 38.0. The van der Waals surface area contributed by atoms with Crippen LogP contribution in [-0.4, -0.2) is 28.1 Å². The first kappa shape index (κ1) is 25.0. The number of methoxy groups -OCH3 is 1. The number of hydrogen-bond donors (Lipinski definition) is 0. The Labute approximate surface area is 222 Å². The van der Waals surface area contributed by atoms with Gasteiger partial charge in [-0.1, -0.05) is 60.7 Å². The molecule has 0 spiro atoms. The van der Waals surface area contributed by atoms with Gasteiger partial charge in [-0.05, 0) is 57.4 Å². The Hall–Kier alpha value is -4.63. The molecule has 1 aliphatic rings. The highest BCUT2D eigenvalue weighted by Gasteiger charge is 2.35. The normalized spacial score (nSPS) is 14.3. The number of fused-ring (bicyclic) bond motifs is 1. The zero-order valence-corrected chi connectivity index (χ0v) is 21.1. The molecule has 0 atom stereocenters. The van der Waals surface area contributed by atoms with Crippen LogP contribution in [0, 0.1) is 10.1 Å². The van der Waals surface area contributed by atoms with Crippen molar-refractivity contribution in [1.29, 1.82) is 0 Å². The van der Waals surface area contributed by atoms with Gasteiger partial charge in [0.2, 0.25) is 0 Å². The number of hydrogen-bond acceptors (Lipinski definition) is 7. The second-order valence-electron chi connectivity index (χ2n) is 8.53. The summed E-state index contributed by atoms with van der Waals surface area (Å²) in [6.45, 7) is 0.307. The largest absolute Gasteiger partial charge is 0.493 e. The summed E-state index contributed by atoms with van der Waals surface area (Å²) >= 11 is 0.902. The maximum absolute atomic E-state index is 13.1. The van der Waals surface area contributed by atoms with Gasteiger partial charge in [0.25, 0.3) is 16.8 Å². The fraction of sp³-hybridized carbons (Fsp3) is 0.103. The smallest absolute Gasteiger partial charge is 0.293 e. The van der Waals surface area contributed by atoms with Crippen LogP contribution in [0.3, 0.4) is 0 Å². The molecule has 1 aliphatic heterocycles. The maximum Gasteiger partial charge on any atom is 0.293 e. The molecule has 1 saturated heterocycles. The zero-order valence-electron chi connectivity index (χ0n) is 20.3. The fourth-order valence-corrected chi connectivity index (χ4v) is 5.04. The quantitative estimate of drug-likeness (QED) is 0.145. The molecule has 5 rings (SSSR count). The lowest BCUT2D eigenvalue weighted by molar-refractivity contribution is -0.384. The second-order valence-corrected chi connectivity index (χ2v) is 9.53. The second kappa shape index (κ2) is 10.8. The molecule has 2 amide bonds. The number of nitrogens with zero attached hydrogens (tertiary/aromatic N) is 2. The van der Waals surface area contributed by atoms with Crippen molar-refractivity contribution in [3.8, 4) is 11.5 Å². The summed E-state index contributed by atoms with van der Waals surface area (Å²) in [6.07, 6.45) is 1.65. The Bertz CT molecular complexity index is 1590. The number of nitro groups is 1. The molecule has 190 valence electrons. The predicted octanol–water partition coefficient (Wildman–Crippen LogP) is 6.57. The zero-order chi connectivity index (χ0) is 26.6. The highest BCUT2D eigenvalue weighted by atomic mass is 32.2. The molecular formula is C29H22N2O6S. The lowest BCUT2D eigenvalue weighted by Crippen LogP contribution is -2.27. The number of amides is 2. The van der Waals surface area contributed by atoms with Crippen molar-refractivity contribution < 1.29 is 24.0 Å². The van der Waals surface area contributed by atoms with E-state index in [4.69, 9.17) is 9.47 Å². The van der Waals surface area contributed by atoms with Gasteiger partial charge < -0.3 is 9.47 Å². The van der Waals surface area contributed by atoms with Crippen molar-refractivity contribution in [1.82, 2.24) is 4.90 Å². The van der Waals surface area contributed by atoms with Crippen molar-refractivity contribution in [3.05, 3.63) is 117 Å². The average molecular weight is 527 g/mol. The lowest BCUT2D eigenvalue weighted by atomic mass is 10.0. The Morgan fingerprint density at radius 1 is 0.947 bits per heavy atom. The van der Waals surface area contributed by atoms with Gasteiger partial charge in [0.05, 0.1) is 23.5 Å². The predicted molar refractivity (Wildman–Crippen MR) is 146 cm³/mol. The van der Waals surface area contributed by atoms with Crippen LogP contribution in [-0.2, 0) is 17.9 Å². The van der Waals surface area contributed by atoms with E-state index in [1.165, 1.54) is 24.1 Å². The molecule has 4 aromatic carbocycles. The Morgan fingerprint density at radius 2 is 1.74 bits per heavy atom. The first-order chi connectivity index (χ1) is 18.4. The van der Waals surface area contributed by atoms with Crippen molar-refractivity contribution in [2.45, 2.75) is 13.2 Å². The third-order valence-electron chi connectivity index (χ3n) is 6.08. The molecule has 0 N–H and O–H groups in total. The van der Waals surface area contributed by atoms with E-state index in [-0.39, 0.29) is 30.0 Å². The molecule has 1 heterocycles. The third kappa shape index (κ3) is 5.23. The van der Waals surface area contributed by atoms with E-state index in [1.807, 2.05) is 42.5 Å². The standard InChI is InChI=1S/C29H22N2O6S/c1-36-26-15-19(12-13-25(26)37-18-20-6-4-10-23(14-20)31(34)35)16-27-28(32)30(29(33)38-27)17-22-9-5-8-21-7-2-3-11-24(21)22/h2-16H,17-18H2,1H3/b27-16-. The minimum absolute atomic E-state index is 0.0113. The molecule has 0 aromatic heterocycles. The molecule has 0 saturated carbocycles. The van der Waals surface area contributed by atoms with Crippen LogP contribution >= 0.6 is 11.8 Å². The molecule has 0 bridgehead atoms. The summed E-state index contributed by atoms with van der Waals surface area (Å²) in [5.74, 6) is 0.525. The number of rotatable bonds is 8. The molecule has 4 aromatic rings. The minimum Gasteiger partial charge on any atom is -0.493 e. The van der Waals surface area contributed by atoms with Gasteiger partial charge in [-0.2, -0.15) is 0 Å². The van der Waals surface area contributed by atoms with E-state index < -0.39 is 4.92 Å². The van der Waals surface area contributed by atoms with Crippen LogP contribution in [0.15, 0.2) is 89.8 Å². The molecule has 9 heteroatoms. The molecule has 0 unspecified atom stereocenters. The van der Waals surface area contributed by atoms with E-state index in [0.29, 0.717) is 27.5 Å². The summed E-state index contributed by atoms with van der Waals surface area (Å²) in [6, 6.07) is 25.1. The first-order valence-corrected chi connectivity index (χ1v) is 12.5. The number of nitro benzene ring substituents is 1. The van der Waals surface area contributed by atoms with Gasteiger partial charge in [0, 0.05) is 12.1 Å². The molecule has 8 nitrogen and oxygen atoms in total. The summed E-state index contributed by atoms with van der Waals surface area (Å²) in [7, 11) is 1.50. The maximum atomic E-state index is 13.1. The monoisotopic (exact) mass is 526 g/mol. The highest BCUT2D eigenvalue weighted by molar-refractivity contribution is 8.18. The van der Waals surface area contributed by atoms with Gasteiger partial charge in [-0.15, -0.1) is 0 Å². The number of ether oxygens (including phenoxy) is 2. The molecule has 1 fully saturated rings. The van der Waals surface area contributed by atoms with Gasteiger partial charge >= 0.3 is 0 Å². The van der Waals surface area contributed by atoms with Crippen molar-refractivity contribution in [2.75, 3.05) is 7.11 Å². The lowest BCUT2D eigenvalue weighted by Gasteiger charge is -2.14. The Morgan fingerprint density at radius 3 is 2.55 bits per heavy atom. The SMILES string of the molecule is COc1cc(/C=C2\SC(=O)N(Cc3cccc4ccccc34)C2=O)ccc1OCc1cccc([N+](=O)[O-])c1. The Kier molecular flexibility index (Phi) is 7.10. The Balaban J connectivity index is 1.32. The minimum atomic E-state index is -0.456. The fourth-order valence-electron chi connectivity index (χ4n) is 4.20. The van der Waals surface area contributed by atoms with Gasteiger partial charge in [0.15, 0.2) is 11.5 Å². The summed E-state index contributed by atoms with van der Waals surface area (Å²) in [5, 5.41) is 12.7. The van der Waals surface area contributed by atoms with Crippen LogP contribution in [0.5, 0.6) is 11.5 Å². The van der Waals surface area contributed by atoms with Crippen LogP contribution in [0.25, 0.3) is 16.8 Å². The first-order valence-electron chi connectivity index (χ1n) is 11.7. The molecule has 0 radical (unpaired) electrons. The van der Waals surface area contributed by atoms with E-state index in [1.54, 1.807) is 36.4 Å². The van der Waals surface area contributed by atoms with Crippen LogP contribution in [0.2, 0.25) is 0 Å². The van der Waals surface area contributed by atoms with Crippen molar-refractivity contribution >= 4 is 45.4 Å². The van der Waals surface area contributed by atoms with E-state index in [0.717, 1.165) is 28.1 Å². The van der Waals surface area contributed by atoms with E-state index >= 15 is 0 Å². The summed E-state index contributed by atoms with van der Waals surface area (Å²) < 4.78 is 11.3.